The molecule has 0 bridgehead atoms. The minimum Gasteiger partial charge on any atom is -0.324 e. The van der Waals surface area contributed by atoms with Gasteiger partial charge < -0.3 is 9.88 Å². The molecule has 2 aromatic carbocycles. The number of hydrogen-bond donors (Lipinski definition) is 1. The third kappa shape index (κ3) is 4.08. The van der Waals surface area contributed by atoms with E-state index < -0.39 is 10.0 Å². The number of hydrogen-bond acceptors (Lipinski definition) is 4. The molecule has 4 rings (SSSR count). The zero-order chi connectivity index (χ0) is 20.3. The van der Waals surface area contributed by atoms with E-state index in [0.29, 0.717) is 31.6 Å². The molecule has 0 unspecified atom stereocenters. The Morgan fingerprint density at radius 3 is 2.38 bits per heavy atom. The van der Waals surface area contributed by atoms with Gasteiger partial charge in [0.05, 0.1) is 22.6 Å². The fraction of sp³-hybridized carbons (Fsp3) is 0.238. The van der Waals surface area contributed by atoms with E-state index in [1.54, 1.807) is 42.9 Å². The largest absolute Gasteiger partial charge is 0.324 e. The van der Waals surface area contributed by atoms with E-state index in [1.165, 1.54) is 4.31 Å². The maximum atomic E-state index is 12.8. The highest BCUT2D eigenvalue weighted by Crippen LogP contribution is 2.26. The maximum absolute atomic E-state index is 12.8. The summed E-state index contributed by atoms with van der Waals surface area (Å²) < 4.78 is 28.8. The Kier molecular flexibility index (Phi) is 5.46. The fourth-order valence-electron chi connectivity index (χ4n) is 3.54. The third-order valence-electron chi connectivity index (χ3n) is 5.15. The Balaban J connectivity index is 1.42. The number of benzene rings is 2. The Morgan fingerprint density at radius 2 is 1.69 bits per heavy atom. The van der Waals surface area contributed by atoms with Crippen molar-refractivity contribution in [1.82, 2.24) is 13.9 Å². The van der Waals surface area contributed by atoms with Crippen LogP contribution in [-0.2, 0) is 14.8 Å². The summed E-state index contributed by atoms with van der Waals surface area (Å²) in [6.07, 6.45) is 6.16. The predicted octanol–water partition coefficient (Wildman–Crippen LogP) is 2.91. The van der Waals surface area contributed by atoms with Gasteiger partial charge in [0.2, 0.25) is 15.9 Å². The van der Waals surface area contributed by atoms with Crippen molar-refractivity contribution >= 4 is 21.6 Å². The molecule has 8 heteroatoms. The van der Waals surface area contributed by atoms with E-state index in [2.05, 4.69) is 10.3 Å². The number of amides is 1. The van der Waals surface area contributed by atoms with Crippen LogP contribution in [0.1, 0.15) is 12.8 Å². The molecule has 150 valence electrons. The first-order valence-electron chi connectivity index (χ1n) is 9.49. The first-order chi connectivity index (χ1) is 14.1. The summed E-state index contributed by atoms with van der Waals surface area (Å²) in [5, 5.41) is 3.00. The van der Waals surface area contributed by atoms with Crippen LogP contribution in [-0.4, -0.2) is 41.3 Å². The lowest BCUT2D eigenvalue weighted by Crippen LogP contribution is -2.41. The molecule has 1 fully saturated rings. The monoisotopic (exact) mass is 410 g/mol. The van der Waals surface area contributed by atoms with Crippen molar-refractivity contribution in [3.05, 3.63) is 73.3 Å². The molecule has 1 aliphatic heterocycles. The fourth-order valence-corrected chi connectivity index (χ4v) is 5.03. The average molecular weight is 410 g/mol. The second-order valence-electron chi connectivity index (χ2n) is 6.97. The number of nitrogens with one attached hydrogen (secondary N) is 1. The topological polar surface area (TPSA) is 84.3 Å². The van der Waals surface area contributed by atoms with Gasteiger partial charge in [-0.2, -0.15) is 4.31 Å². The minimum atomic E-state index is -3.52. The van der Waals surface area contributed by atoms with Crippen molar-refractivity contribution in [1.29, 1.82) is 0 Å². The van der Waals surface area contributed by atoms with Crippen molar-refractivity contribution < 1.29 is 13.2 Å². The van der Waals surface area contributed by atoms with E-state index in [9.17, 15) is 13.2 Å². The standard InChI is InChI=1S/C21H22N4O3S/c26-21(23-19-8-4-5-9-20(19)24-15-12-22-16-24)17-10-13-25(14-11-17)29(27,28)18-6-2-1-3-7-18/h1-9,12,15-17H,10-11,13-14H2,(H,23,26). The lowest BCUT2D eigenvalue weighted by Gasteiger charge is -2.30. The van der Waals surface area contributed by atoms with Gasteiger partial charge in [0, 0.05) is 31.4 Å². The molecule has 1 saturated heterocycles. The normalized spacial score (nSPS) is 15.9. The molecule has 0 saturated carbocycles. The second-order valence-corrected chi connectivity index (χ2v) is 8.91. The Bertz CT molecular complexity index is 1070. The van der Waals surface area contributed by atoms with E-state index in [4.69, 9.17) is 0 Å². The number of carbonyl (C=O) groups is 1. The third-order valence-corrected chi connectivity index (χ3v) is 7.06. The van der Waals surface area contributed by atoms with Gasteiger partial charge in [-0.1, -0.05) is 30.3 Å². The van der Waals surface area contributed by atoms with Crippen molar-refractivity contribution in [2.45, 2.75) is 17.7 Å². The highest BCUT2D eigenvalue weighted by Gasteiger charge is 2.32. The molecular formula is C21H22N4O3S. The van der Waals surface area contributed by atoms with Crippen LogP contribution in [0.3, 0.4) is 0 Å². The molecule has 1 amide bonds. The molecule has 29 heavy (non-hydrogen) atoms. The lowest BCUT2D eigenvalue weighted by atomic mass is 9.97. The molecule has 3 aromatic rings. The van der Waals surface area contributed by atoms with Gasteiger partial charge >= 0.3 is 0 Å². The van der Waals surface area contributed by atoms with E-state index in [-0.39, 0.29) is 16.7 Å². The second kappa shape index (κ2) is 8.18. The first kappa shape index (κ1) is 19.4. The summed E-state index contributed by atoms with van der Waals surface area (Å²) in [5.74, 6) is -0.317. The number of aromatic nitrogens is 2. The number of nitrogens with zero attached hydrogens (tertiary/aromatic N) is 3. The van der Waals surface area contributed by atoms with Crippen LogP contribution in [0.25, 0.3) is 5.69 Å². The number of carbonyl (C=O) groups excluding carboxylic acids is 1. The number of rotatable bonds is 5. The van der Waals surface area contributed by atoms with Crippen LogP contribution in [0.5, 0.6) is 0 Å². The highest BCUT2D eigenvalue weighted by molar-refractivity contribution is 7.89. The van der Waals surface area contributed by atoms with Gasteiger partial charge in [-0.25, -0.2) is 13.4 Å². The van der Waals surface area contributed by atoms with E-state index >= 15 is 0 Å². The summed E-state index contributed by atoms with van der Waals surface area (Å²) in [6, 6.07) is 15.9. The molecule has 7 nitrogen and oxygen atoms in total. The van der Waals surface area contributed by atoms with Crippen molar-refractivity contribution in [3.8, 4) is 5.69 Å². The van der Waals surface area contributed by atoms with Crippen LogP contribution in [0.15, 0.2) is 78.2 Å². The van der Waals surface area contributed by atoms with Gasteiger partial charge in [0.15, 0.2) is 0 Å². The van der Waals surface area contributed by atoms with Crippen LogP contribution >= 0.6 is 0 Å². The number of sulfonamides is 1. The number of anilines is 1. The van der Waals surface area contributed by atoms with Gasteiger partial charge in [0.25, 0.3) is 0 Å². The minimum absolute atomic E-state index is 0.0886. The molecule has 1 aromatic heterocycles. The quantitative estimate of drug-likeness (QED) is 0.701. The highest BCUT2D eigenvalue weighted by atomic mass is 32.2. The van der Waals surface area contributed by atoms with Gasteiger partial charge in [-0.05, 0) is 37.1 Å². The molecule has 1 aliphatic rings. The Hall–Kier alpha value is -2.97. The van der Waals surface area contributed by atoms with Crippen LogP contribution in [0.2, 0.25) is 0 Å². The predicted molar refractivity (Wildman–Crippen MR) is 110 cm³/mol. The molecule has 0 aliphatic carbocycles. The average Bonchev–Trinajstić information content (AvgIpc) is 3.29. The molecule has 2 heterocycles. The zero-order valence-electron chi connectivity index (χ0n) is 15.8. The first-order valence-corrected chi connectivity index (χ1v) is 10.9. The summed E-state index contributed by atoms with van der Waals surface area (Å²) in [5.41, 5.74) is 1.54. The lowest BCUT2D eigenvalue weighted by molar-refractivity contribution is -0.120. The summed E-state index contributed by atoms with van der Waals surface area (Å²) in [7, 11) is -3.52. The van der Waals surface area contributed by atoms with Crippen molar-refractivity contribution in [2.24, 2.45) is 5.92 Å². The molecule has 0 radical (unpaired) electrons. The SMILES string of the molecule is O=C(Nc1ccccc1-n1ccnc1)C1CCN(S(=O)(=O)c2ccccc2)CC1. The van der Waals surface area contributed by atoms with Gasteiger partial charge in [-0.3, -0.25) is 4.79 Å². The number of para-hydroxylation sites is 2. The van der Waals surface area contributed by atoms with Crippen LogP contribution in [0.4, 0.5) is 5.69 Å². The molecular weight excluding hydrogens is 388 g/mol. The summed E-state index contributed by atoms with van der Waals surface area (Å²) in [6.45, 7) is 0.664. The molecule has 1 N–H and O–H groups in total. The maximum Gasteiger partial charge on any atom is 0.243 e. The number of piperidine rings is 1. The Morgan fingerprint density at radius 1 is 1.00 bits per heavy atom. The van der Waals surface area contributed by atoms with Crippen LogP contribution < -0.4 is 5.32 Å². The zero-order valence-corrected chi connectivity index (χ0v) is 16.6. The van der Waals surface area contributed by atoms with Gasteiger partial charge in [-0.15, -0.1) is 0 Å². The van der Waals surface area contributed by atoms with Gasteiger partial charge in [0.1, 0.15) is 0 Å². The smallest absolute Gasteiger partial charge is 0.243 e. The van der Waals surface area contributed by atoms with Crippen LogP contribution in [0, 0.1) is 5.92 Å². The van der Waals surface area contributed by atoms with E-state index in [1.807, 2.05) is 35.0 Å². The Labute approximate surface area is 170 Å². The molecule has 0 atom stereocenters. The van der Waals surface area contributed by atoms with E-state index in [0.717, 1.165) is 5.69 Å². The number of imidazole rings is 1. The summed E-state index contributed by atoms with van der Waals surface area (Å²) >= 11 is 0. The van der Waals surface area contributed by atoms with Crippen molar-refractivity contribution in [2.75, 3.05) is 18.4 Å². The molecule has 0 spiro atoms. The van der Waals surface area contributed by atoms with Crippen molar-refractivity contribution in [3.63, 3.8) is 0 Å². The summed E-state index contributed by atoms with van der Waals surface area (Å²) in [4.78, 5) is 17.2.